The number of aromatic amines is 1. The highest BCUT2D eigenvalue weighted by molar-refractivity contribution is 5.94. The van der Waals surface area contributed by atoms with Gasteiger partial charge in [-0.1, -0.05) is 0 Å². The molecule has 1 aromatic heterocycles. The number of nitrogens with zero attached hydrogens (tertiary/aromatic N) is 1. The maximum atomic E-state index is 12.8. The van der Waals surface area contributed by atoms with Gasteiger partial charge in [0.15, 0.2) is 0 Å². The lowest BCUT2D eigenvalue weighted by molar-refractivity contribution is -0.188. The molecule has 0 bridgehead atoms. The first kappa shape index (κ1) is 16.5. The first-order chi connectivity index (χ1) is 10.2. The van der Waals surface area contributed by atoms with Crippen LogP contribution in [-0.2, 0) is 0 Å². The van der Waals surface area contributed by atoms with Crippen LogP contribution in [0.2, 0.25) is 0 Å². The number of alkyl halides is 3. The molecule has 0 radical (unpaired) electrons. The van der Waals surface area contributed by atoms with E-state index < -0.39 is 29.7 Å². The van der Waals surface area contributed by atoms with Crippen molar-refractivity contribution in [1.82, 2.24) is 15.2 Å². The normalized spacial score (nSPS) is 23.3. The van der Waals surface area contributed by atoms with Crippen molar-refractivity contribution < 1.29 is 18.0 Å². The number of nitrogens with one attached hydrogen (secondary N) is 2. The number of hydrogen-bond donors (Lipinski definition) is 2. The lowest BCUT2D eigenvalue weighted by Crippen LogP contribution is -2.55. The van der Waals surface area contributed by atoms with Crippen molar-refractivity contribution in [2.24, 2.45) is 0 Å². The summed E-state index contributed by atoms with van der Waals surface area (Å²) in [5.41, 5.74) is 0.0907. The molecule has 22 heavy (non-hydrogen) atoms. The van der Waals surface area contributed by atoms with Crippen LogP contribution in [0, 0.1) is 6.92 Å². The minimum atomic E-state index is -4.27. The minimum absolute atomic E-state index is 0.0359. The fourth-order valence-corrected chi connectivity index (χ4v) is 2.69. The summed E-state index contributed by atoms with van der Waals surface area (Å²) in [4.78, 5) is 27.5. The SMILES string of the molecule is Cc1ccc(C(=O)N[C@@H]2CC[C@H](C(F)(F)F)N(C)C2)c(=O)[nH]1. The summed E-state index contributed by atoms with van der Waals surface area (Å²) < 4.78 is 38.3. The number of carbonyl (C=O) groups excluding carboxylic acids is 1. The molecule has 1 aromatic rings. The third-order valence-electron chi connectivity index (χ3n) is 3.84. The van der Waals surface area contributed by atoms with Gasteiger partial charge in [-0.25, -0.2) is 0 Å². The molecular weight excluding hydrogens is 299 g/mol. The van der Waals surface area contributed by atoms with E-state index in [4.69, 9.17) is 0 Å². The van der Waals surface area contributed by atoms with Gasteiger partial charge in [0, 0.05) is 18.3 Å². The van der Waals surface area contributed by atoms with Gasteiger partial charge in [0.25, 0.3) is 11.5 Å². The molecule has 1 saturated heterocycles. The Morgan fingerprint density at radius 2 is 2.05 bits per heavy atom. The average Bonchev–Trinajstić information content (AvgIpc) is 2.36. The second-order valence-electron chi connectivity index (χ2n) is 5.63. The summed E-state index contributed by atoms with van der Waals surface area (Å²) in [5, 5.41) is 2.63. The van der Waals surface area contributed by atoms with E-state index in [-0.39, 0.29) is 24.9 Å². The number of rotatable bonds is 2. The van der Waals surface area contributed by atoms with Crippen LogP contribution >= 0.6 is 0 Å². The van der Waals surface area contributed by atoms with Crippen LogP contribution in [0.15, 0.2) is 16.9 Å². The van der Waals surface area contributed by atoms with Crippen molar-refractivity contribution in [3.8, 4) is 0 Å². The quantitative estimate of drug-likeness (QED) is 0.867. The molecule has 5 nitrogen and oxygen atoms in total. The standard InChI is InChI=1S/C14H18F3N3O2/c1-8-3-5-10(12(21)18-8)13(22)19-9-4-6-11(14(15,16)17)20(2)7-9/h3,5,9,11H,4,6-7H2,1-2H3,(H,18,21)(H,19,22)/t9-,11-/m1/s1. The number of carbonyl (C=O) groups is 1. The van der Waals surface area contributed by atoms with E-state index in [1.165, 1.54) is 18.0 Å². The molecule has 2 rings (SSSR count). The number of likely N-dealkylation sites (tertiary alicyclic amines) is 1. The van der Waals surface area contributed by atoms with Gasteiger partial charge in [-0.2, -0.15) is 13.2 Å². The Balaban J connectivity index is 2.01. The van der Waals surface area contributed by atoms with Gasteiger partial charge >= 0.3 is 6.18 Å². The Bertz CT molecular complexity index is 612. The van der Waals surface area contributed by atoms with Crippen LogP contribution in [0.1, 0.15) is 28.9 Å². The second-order valence-corrected chi connectivity index (χ2v) is 5.63. The zero-order chi connectivity index (χ0) is 16.5. The fraction of sp³-hybridized carbons (Fsp3) is 0.571. The third kappa shape index (κ3) is 3.68. The highest BCUT2D eigenvalue weighted by Gasteiger charge is 2.44. The van der Waals surface area contributed by atoms with E-state index in [9.17, 15) is 22.8 Å². The third-order valence-corrected chi connectivity index (χ3v) is 3.84. The second kappa shape index (κ2) is 6.12. The summed E-state index contributed by atoms with van der Waals surface area (Å²) >= 11 is 0. The summed E-state index contributed by atoms with van der Waals surface area (Å²) in [6, 6.07) is 1.12. The fourth-order valence-electron chi connectivity index (χ4n) is 2.69. The summed E-state index contributed by atoms with van der Waals surface area (Å²) in [6.07, 6.45) is -4.11. The van der Waals surface area contributed by atoms with E-state index >= 15 is 0 Å². The number of hydrogen-bond acceptors (Lipinski definition) is 3. The first-order valence-corrected chi connectivity index (χ1v) is 6.96. The highest BCUT2D eigenvalue weighted by atomic mass is 19.4. The summed E-state index contributed by atoms with van der Waals surface area (Å²) in [7, 11) is 1.38. The molecule has 122 valence electrons. The van der Waals surface area contributed by atoms with Gasteiger partial charge in [0.2, 0.25) is 0 Å². The number of pyridine rings is 1. The topological polar surface area (TPSA) is 65.2 Å². The van der Waals surface area contributed by atoms with E-state index in [1.54, 1.807) is 13.0 Å². The molecule has 1 aliphatic heterocycles. The first-order valence-electron chi connectivity index (χ1n) is 6.96. The van der Waals surface area contributed by atoms with Crippen molar-refractivity contribution in [1.29, 1.82) is 0 Å². The number of amides is 1. The van der Waals surface area contributed by atoms with Crippen molar-refractivity contribution in [3.05, 3.63) is 33.7 Å². The molecule has 2 N–H and O–H groups in total. The van der Waals surface area contributed by atoms with Gasteiger partial charge in [-0.3, -0.25) is 14.5 Å². The molecule has 1 aliphatic rings. The molecule has 1 amide bonds. The predicted octanol–water partition coefficient (Wildman–Crippen LogP) is 1.44. The Kier molecular flexibility index (Phi) is 4.60. The van der Waals surface area contributed by atoms with E-state index in [2.05, 4.69) is 10.3 Å². The lowest BCUT2D eigenvalue weighted by atomic mass is 9.98. The monoisotopic (exact) mass is 317 g/mol. The molecule has 2 heterocycles. The molecule has 0 unspecified atom stereocenters. The van der Waals surface area contributed by atoms with E-state index in [0.717, 1.165) is 0 Å². The van der Waals surface area contributed by atoms with Gasteiger partial charge in [0.1, 0.15) is 11.6 Å². The summed E-state index contributed by atoms with van der Waals surface area (Å²) in [6.45, 7) is 1.79. The van der Waals surface area contributed by atoms with Gasteiger partial charge < -0.3 is 10.3 Å². The Morgan fingerprint density at radius 3 is 2.59 bits per heavy atom. The number of halogens is 3. The lowest BCUT2D eigenvalue weighted by Gasteiger charge is -2.38. The molecule has 0 spiro atoms. The Hall–Kier alpha value is -1.83. The highest BCUT2D eigenvalue weighted by Crippen LogP contribution is 2.30. The van der Waals surface area contributed by atoms with Gasteiger partial charge in [0.05, 0.1) is 0 Å². The molecular formula is C14H18F3N3O2. The van der Waals surface area contributed by atoms with Crippen LogP contribution in [0.25, 0.3) is 0 Å². The van der Waals surface area contributed by atoms with Gasteiger partial charge in [-0.15, -0.1) is 0 Å². The zero-order valence-corrected chi connectivity index (χ0v) is 12.3. The molecule has 0 aromatic carbocycles. The van der Waals surface area contributed by atoms with Crippen molar-refractivity contribution >= 4 is 5.91 Å². The Morgan fingerprint density at radius 1 is 1.36 bits per heavy atom. The zero-order valence-electron chi connectivity index (χ0n) is 12.3. The van der Waals surface area contributed by atoms with Crippen LogP contribution in [-0.4, -0.2) is 47.6 Å². The van der Waals surface area contributed by atoms with Crippen LogP contribution in [0.3, 0.4) is 0 Å². The summed E-state index contributed by atoms with van der Waals surface area (Å²) in [5.74, 6) is -0.565. The minimum Gasteiger partial charge on any atom is -0.348 e. The van der Waals surface area contributed by atoms with Crippen LogP contribution in [0.4, 0.5) is 13.2 Å². The molecule has 0 aliphatic carbocycles. The number of likely N-dealkylation sites (N-methyl/N-ethyl adjacent to an activating group) is 1. The molecule has 2 atom stereocenters. The molecule has 8 heteroatoms. The number of aromatic nitrogens is 1. The average molecular weight is 317 g/mol. The van der Waals surface area contributed by atoms with Crippen molar-refractivity contribution in [2.45, 2.75) is 38.0 Å². The maximum Gasteiger partial charge on any atom is 0.404 e. The Labute approximate surface area is 125 Å². The maximum absolute atomic E-state index is 12.8. The molecule has 1 fully saturated rings. The van der Waals surface area contributed by atoms with E-state index in [1.807, 2.05) is 0 Å². The number of aryl methyl sites for hydroxylation is 1. The van der Waals surface area contributed by atoms with Crippen molar-refractivity contribution in [3.63, 3.8) is 0 Å². The van der Waals surface area contributed by atoms with E-state index in [0.29, 0.717) is 5.69 Å². The van der Waals surface area contributed by atoms with Crippen LogP contribution in [0.5, 0.6) is 0 Å². The van der Waals surface area contributed by atoms with Crippen molar-refractivity contribution in [2.75, 3.05) is 13.6 Å². The van der Waals surface area contributed by atoms with Gasteiger partial charge in [-0.05, 0) is 38.9 Å². The molecule has 0 saturated carbocycles. The predicted molar refractivity (Wildman–Crippen MR) is 74.8 cm³/mol. The van der Waals surface area contributed by atoms with Crippen LogP contribution < -0.4 is 10.9 Å². The number of H-pyrrole nitrogens is 1. The largest absolute Gasteiger partial charge is 0.404 e. The number of piperidine rings is 1. The smallest absolute Gasteiger partial charge is 0.348 e.